The van der Waals surface area contributed by atoms with Gasteiger partial charge >= 0.3 is 15.2 Å². The first-order valence-electron chi connectivity index (χ1n) is 14.2. The molecule has 0 aliphatic carbocycles. The second-order valence-corrected chi connectivity index (χ2v) is 18.9. The van der Waals surface area contributed by atoms with Crippen LogP contribution in [0.25, 0.3) is 0 Å². The maximum absolute atomic E-state index is 13.5. The molecule has 0 fully saturated rings. The van der Waals surface area contributed by atoms with E-state index in [4.69, 9.17) is 169 Å². The van der Waals surface area contributed by atoms with Crippen LogP contribution in [0.4, 0.5) is 0 Å². The number of rotatable bonds is 15. The van der Waals surface area contributed by atoms with Gasteiger partial charge in [-0.2, -0.15) is 0 Å². The fourth-order valence-corrected chi connectivity index (χ4v) is 12.7. The van der Waals surface area contributed by atoms with E-state index in [1.54, 1.807) is 27.7 Å². The third-order valence-electron chi connectivity index (χ3n) is 6.89. The standard InChI is InChI=1S/C29H25Cl13O6P2/c1-5-45-49(43,46-6-2)9-11-17(30)21(34)14(22(35)18(11)31)13(16-25(38)27(40)29(42)28(41)26(16)39)15-23(36)19(32)12(20(33)24(15)37)10-50(44,47-7-3)48-8-4/h13H,5-10H2,1-4H3. The summed E-state index contributed by atoms with van der Waals surface area (Å²) < 4.78 is 48.8. The lowest BCUT2D eigenvalue weighted by molar-refractivity contribution is 0.218. The van der Waals surface area contributed by atoms with Crippen LogP contribution in [0.5, 0.6) is 0 Å². The van der Waals surface area contributed by atoms with E-state index in [1.807, 2.05) is 0 Å². The van der Waals surface area contributed by atoms with Gasteiger partial charge in [-0.1, -0.05) is 151 Å². The van der Waals surface area contributed by atoms with Gasteiger partial charge in [0.1, 0.15) is 0 Å². The Morgan fingerprint density at radius 3 is 0.800 bits per heavy atom. The minimum atomic E-state index is -3.78. The SMILES string of the molecule is CCOP(=O)(Cc1c(Cl)c(Cl)c(C(c2c(Cl)c(Cl)c(Cl)c(Cl)c2Cl)c2c(Cl)c(Cl)c(CP(=O)(OCC)OCC)c(Cl)c2Cl)c(Cl)c1Cl)OCC. The van der Waals surface area contributed by atoms with Crippen LogP contribution in [0, 0.1) is 0 Å². The third-order valence-corrected chi connectivity index (χ3v) is 16.8. The smallest absolute Gasteiger partial charge is 0.309 e. The number of benzene rings is 3. The summed E-state index contributed by atoms with van der Waals surface area (Å²) in [5, 5.41) is -2.63. The Labute approximate surface area is 355 Å². The molecular weight excluding hydrogens is 967 g/mol. The molecule has 3 aromatic carbocycles. The average molecular weight is 992 g/mol. The monoisotopic (exact) mass is 986 g/mol. The van der Waals surface area contributed by atoms with E-state index in [0.29, 0.717) is 0 Å². The van der Waals surface area contributed by atoms with Crippen molar-refractivity contribution >= 4 is 166 Å². The second-order valence-electron chi connectivity index (χ2n) is 9.92. The highest BCUT2D eigenvalue weighted by Gasteiger charge is 2.39. The van der Waals surface area contributed by atoms with Crippen LogP contribution in [0.3, 0.4) is 0 Å². The van der Waals surface area contributed by atoms with Gasteiger partial charge in [0.2, 0.25) is 0 Å². The van der Waals surface area contributed by atoms with Crippen molar-refractivity contribution in [1.29, 1.82) is 0 Å². The van der Waals surface area contributed by atoms with Crippen molar-refractivity contribution in [3.63, 3.8) is 0 Å². The van der Waals surface area contributed by atoms with Crippen molar-refractivity contribution in [3.05, 3.63) is 93.1 Å². The Bertz CT molecular complexity index is 1680. The van der Waals surface area contributed by atoms with Gasteiger partial charge in [-0.3, -0.25) is 9.13 Å². The van der Waals surface area contributed by atoms with Gasteiger partial charge in [-0.25, -0.2) is 0 Å². The minimum absolute atomic E-state index is 0.0478. The molecule has 0 heterocycles. The summed E-state index contributed by atoms with van der Waals surface area (Å²) in [5.41, 5.74) is -0.0843. The minimum Gasteiger partial charge on any atom is -0.309 e. The lowest BCUT2D eigenvalue weighted by Gasteiger charge is -2.29. The van der Waals surface area contributed by atoms with Crippen molar-refractivity contribution in [1.82, 2.24) is 0 Å². The molecule has 278 valence electrons. The van der Waals surface area contributed by atoms with Gasteiger partial charge in [0.25, 0.3) is 0 Å². The van der Waals surface area contributed by atoms with Gasteiger partial charge in [-0.15, -0.1) is 0 Å². The van der Waals surface area contributed by atoms with E-state index in [1.165, 1.54) is 0 Å². The largest absolute Gasteiger partial charge is 0.335 e. The number of hydrogen-bond donors (Lipinski definition) is 0. The van der Waals surface area contributed by atoms with Gasteiger partial charge < -0.3 is 18.1 Å². The number of halogens is 13. The summed E-state index contributed by atoms with van der Waals surface area (Å²) in [4.78, 5) is 0. The summed E-state index contributed by atoms with van der Waals surface area (Å²) in [6.45, 7) is 6.79. The topological polar surface area (TPSA) is 71.1 Å². The molecule has 0 bridgehead atoms. The summed E-state index contributed by atoms with van der Waals surface area (Å²) in [7, 11) is -7.57. The van der Waals surface area contributed by atoms with Crippen molar-refractivity contribution in [2.24, 2.45) is 0 Å². The predicted molar refractivity (Wildman–Crippen MR) is 215 cm³/mol. The zero-order chi connectivity index (χ0) is 38.0. The summed E-state index contributed by atoms with van der Waals surface area (Å²) >= 11 is 88.3. The van der Waals surface area contributed by atoms with Crippen LogP contribution < -0.4 is 0 Å². The lowest BCUT2D eigenvalue weighted by atomic mass is 9.83. The zero-order valence-corrected chi connectivity index (χ0v) is 37.7. The molecule has 3 rings (SSSR count). The normalized spacial score (nSPS) is 12.4. The summed E-state index contributed by atoms with van der Waals surface area (Å²) in [5.74, 6) is -1.42. The molecule has 0 saturated carbocycles. The molecule has 0 aliphatic rings. The van der Waals surface area contributed by atoms with Crippen LogP contribution in [0.1, 0.15) is 61.4 Å². The zero-order valence-electron chi connectivity index (χ0n) is 26.1. The van der Waals surface area contributed by atoms with Gasteiger partial charge in [-0.05, 0) is 27.7 Å². The Morgan fingerprint density at radius 2 is 0.580 bits per heavy atom. The average Bonchev–Trinajstić information content (AvgIpc) is 3.05. The Balaban J connectivity index is 2.55. The summed E-state index contributed by atoms with van der Waals surface area (Å²) in [6, 6.07) is 0. The molecule has 21 heteroatoms. The highest BCUT2D eigenvalue weighted by atomic mass is 35.5. The maximum Gasteiger partial charge on any atom is 0.335 e. The van der Waals surface area contributed by atoms with Gasteiger partial charge in [0.15, 0.2) is 0 Å². The third kappa shape index (κ3) is 9.46. The molecular formula is C29H25Cl13O6P2. The summed E-state index contributed by atoms with van der Waals surface area (Å²) in [6.07, 6.45) is -0.797. The lowest BCUT2D eigenvalue weighted by Crippen LogP contribution is -2.12. The number of hydrogen-bond acceptors (Lipinski definition) is 6. The van der Waals surface area contributed by atoms with E-state index in [9.17, 15) is 9.13 Å². The first-order valence-corrected chi connectivity index (χ1v) is 22.6. The molecule has 6 nitrogen and oxygen atoms in total. The van der Waals surface area contributed by atoms with Crippen LogP contribution in [0.15, 0.2) is 0 Å². The molecule has 0 amide bonds. The van der Waals surface area contributed by atoms with Crippen LogP contribution >= 0.6 is 166 Å². The maximum atomic E-state index is 13.5. The Kier molecular flexibility index (Phi) is 17.8. The Morgan fingerprint density at radius 1 is 0.380 bits per heavy atom. The predicted octanol–water partition coefficient (Wildman–Crippen LogP) is 16.9. The van der Waals surface area contributed by atoms with Crippen LogP contribution in [-0.4, -0.2) is 26.4 Å². The van der Waals surface area contributed by atoms with E-state index in [0.717, 1.165) is 0 Å². The molecule has 0 N–H and O–H groups in total. The first-order chi connectivity index (χ1) is 23.3. The molecule has 0 unspecified atom stereocenters. The fraction of sp³-hybridized carbons (Fsp3) is 0.379. The van der Waals surface area contributed by atoms with Gasteiger partial charge in [0.05, 0.1) is 104 Å². The quantitative estimate of drug-likeness (QED) is 0.0654. The molecule has 3 aromatic rings. The van der Waals surface area contributed by atoms with E-state index in [2.05, 4.69) is 0 Å². The van der Waals surface area contributed by atoms with Crippen LogP contribution in [0.2, 0.25) is 65.3 Å². The molecule has 0 aliphatic heterocycles. The van der Waals surface area contributed by atoms with Crippen molar-refractivity contribution in [3.8, 4) is 0 Å². The van der Waals surface area contributed by atoms with E-state index < -0.39 is 33.4 Å². The first kappa shape index (κ1) is 46.1. The molecule has 0 aromatic heterocycles. The van der Waals surface area contributed by atoms with E-state index >= 15 is 0 Å². The van der Waals surface area contributed by atoms with Crippen molar-refractivity contribution in [2.45, 2.75) is 45.9 Å². The van der Waals surface area contributed by atoms with Crippen LogP contribution in [-0.2, 0) is 39.5 Å². The highest BCUT2D eigenvalue weighted by molar-refractivity contribution is 7.53. The van der Waals surface area contributed by atoms with Crippen molar-refractivity contribution in [2.75, 3.05) is 26.4 Å². The highest BCUT2D eigenvalue weighted by Crippen LogP contribution is 2.61. The molecule has 0 saturated heterocycles. The molecule has 50 heavy (non-hydrogen) atoms. The molecule has 0 atom stereocenters. The van der Waals surface area contributed by atoms with Crippen molar-refractivity contribution < 1.29 is 27.2 Å². The molecule has 0 radical (unpaired) electrons. The van der Waals surface area contributed by atoms with E-state index in [-0.39, 0.29) is 120 Å². The van der Waals surface area contributed by atoms with Gasteiger partial charge in [0, 0.05) is 33.7 Å². The second kappa shape index (κ2) is 19.3. The fourth-order valence-electron chi connectivity index (χ4n) is 4.91. The Hall–Kier alpha value is 1.73. The molecule has 0 spiro atoms.